The monoisotopic (exact) mass is 387 g/mol. The first-order valence-corrected chi connectivity index (χ1v) is 10.8. The molecule has 0 radical (unpaired) electrons. The van der Waals surface area contributed by atoms with E-state index < -0.39 is 0 Å². The van der Waals surface area contributed by atoms with Gasteiger partial charge in [-0.05, 0) is 51.8 Å². The van der Waals surface area contributed by atoms with Crippen LogP contribution in [0.25, 0.3) is 0 Å². The summed E-state index contributed by atoms with van der Waals surface area (Å²) in [4.78, 5) is 7.21. The van der Waals surface area contributed by atoms with Gasteiger partial charge in [-0.15, -0.1) is 0 Å². The average Bonchev–Trinajstić information content (AvgIpc) is 3.39. The van der Waals surface area contributed by atoms with Gasteiger partial charge in [-0.25, -0.2) is 0 Å². The molecule has 2 aliphatic heterocycles. The highest BCUT2D eigenvalue weighted by atomic mass is 16.5. The fraction of sp³-hybridized carbons (Fsp3) is 0.762. The van der Waals surface area contributed by atoms with E-state index in [0.29, 0.717) is 17.8 Å². The first-order chi connectivity index (χ1) is 13.7. The van der Waals surface area contributed by atoms with Crippen molar-refractivity contribution in [3.8, 4) is 0 Å². The maximum absolute atomic E-state index is 6.21. The number of piperidine rings is 1. The summed E-state index contributed by atoms with van der Waals surface area (Å²) in [6.45, 7) is 11.3. The number of aryl methyl sites for hydroxylation is 1. The minimum atomic E-state index is 0.166. The molecule has 4 heterocycles. The third kappa shape index (κ3) is 4.15. The SMILES string of the molecule is CCn1nccc1[C@@H]1OCCC[C@H]1CN1CCC(c2noc(C(C)C)n2)CC1. The lowest BCUT2D eigenvalue weighted by molar-refractivity contribution is -0.0453. The van der Waals surface area contributed by atoms with Crippen LogP contribution in [-0.4, -0.2) is 51.1 Å². The van der Waals surface area contributed by atoms with Gasteiger partial charge >= 0.3 is 0 Å². The molecule has 7 heteroatoms. The molecule has 2 saturated heterocycles. The fourth-order valence-electron chi connectivity index (χ4n) is 4.56. The molecule has 154 valence electrons. The smallest absolute Gasteiger partial charge is 0.229 e. The van der Waals surface area contributed by atoms with Crippen LogP contribution in [0, 0.1) is 5.92 Å². The molecule has 0 aromatic carbocycles. The van der Waals surface area contributed by atoms with E-state index in [1.54, 1.807) is 0 Å². The Hall–Kier alpha value is -1.73. The van der Waals surface area contributed by atoms with Gasteiger partial charge in [0, 0.05) is 43.6 Å². The van der Waals surface area contributed by atoms with E-state index in [0.717, 1.165) is 63.8 Å². The van der Waals surface area contributed by atoms with Gasteiger partial charge in [-0.1, -0.05) is 19.0 Å². The number of rotatable bonds is 6. The van der Waals surface area contributed by atoms with Crippen LogP contribution in [-0.2, 0) is 11.3 Å². The topological polar surface area (TPSA) is 69.2 Å². The number of hydrogen-bond acceptors (Lipinski definition) is 6. The minimum absolute atomic E-state index is 0.166. The normalized spacial score (nSPS) is 24.9. The number of likely N-dealkylation sites (tertiary alicyclic amines) is 1. The van der Waals surface area contributed by atoms with Gasteiger partial charge in [0.2, 0.25) is 5.89 Å². The van der Waals surface area contributed by atoms with Crippen molar-refractivity contribution >= 4 is 0 Å². The number of ether oxygens (including phenoxy) is 1. The summed E-state index contributed by atoms with van der Waals surface area (Å²) < 4.78 is 13.7. The van der Waals surface area contributed by atoms with Crippen LogP contribution < -0.4 is 0 Å². The zero-order chi connectivity index (χ0) is 19.5. The minimum Gasteiger partial charge on any atom is -0.372 e. The molecule has 0 N–H and O–H groups in total. The van der Waals surface area contributed by atoms with E-state index >= 15 is 0 Å². The second-order valence-corrected chi connectivity index (χ2v) is 8.49. The molecule has 2 aromatic heterocycles. The van der Waals surface area contributed by atoms with Crippen LogP contribution in [0.3, 0.4) is 0 Å². The van der Waals surface area contributed by atoms with Gasteiger partial charge in [0.1, 0.15) is 6.10 Å². The van der Waals surface area contributed by atoms with E-state index in [9.17, 15) is 0 Å². The molecule has 28 heavy (non-hydrogen) atoms. The molecule has 0 amide bonds. The molecule has 0 spiro atoms. The lowest BCUT2D eigenvalue weighted by atomic mass is 9.89. The van der Waals surface area contributed by atoms with E-state index in [-0.39, 0.29) is 6.10 Å². The molecule has 2 atom stereocenters. The molecule has 0 unspecified atom stereocenters. The van der Waals surface area contributed by atoms with E-state index in [2.05, 4.69) is 51.7 Å². The summed E-state index contributed by atoms with van der Waals surface area (Å²) in [6.07, 6.45) is 6.64. The highest BCUT2D eigenvalue weighted by molar-refractivity contribution is 5.08. The summed E-state index contributed by atoms with van der Waals surface area (Å²) in [5.74, 6) is 2.90. The van der Waals surface area contributed by atoms with Crippen LogP contribution in [0.4, 0.5) is 0 Å². The number of hydrogen-bond donors (Lipinski definition) is 0. The van der Waals surface area contributed by atoms with Crippen LogP contribution in [0.2, 0.25) is 0 Å². The summed E-state index contributed by atoms with van der Waals surface area (Å²) in [7, 11) is 0. The zero-order valence-electron chi connectivity index (χ0n) is 17.4. The van der Waals surface area contributed by atoms with Crippen molar-refractivity contribution in [1.82, 2.24) is 24.8 Å². The predicted octanol–water partition coefficient (Wildman–Crippen LogP) is 3.76. The third-order valence-electron chi connectivity index (χ3n) is 6.18. The molecule has 0 saturated carbocycles. The van der Waals surface area contributed by atoms with Crippen molar-refractivity contribution in [2.45, 2.75) is 70.9 Å². The Kier molecular flexibility index (Phi) is 6.11. The summed E-state index contributed by atoms with van der Waals surface area (Å²) in [6, 6.07) is 2.13. The lowest BCUT2D eigenvalue weighted by Gasteiger charge is -2.38. The Balaban J connectivity index is 1.35. The summed E-state index contributed by atoms with van der Waals surface area (Å²) in [5.41, 5.74) is 1.23. The van der Waals surface area contributed by atoms with Crippen molar-refractivity contribution in [2.75, 3.05) is 26.2 Å². The van der Waals surface area contributed by atoms with Crippen LogP contribution >= 0.6 is 0 Å². The van der Waals surface area contributed by atoms with Crippen LogP contribution in [0.15, 0.2) is 16.8 Å². The predicted molar refractivity (Wildman–Crippen MR) is 106 cm³/mol. The average molecular weight is 388 g/mol. The number of nitrogens with zero attached hydrogens (tertiary/aromatic N) is 5. The molecule has 0 bridgehead atoms. The molecular weight excluding hydrogens is 354 g/mol. The standard InChI is InChI=1S/C21H33N5O2/c1-4-26-18(7-10-22-26)19-17(6-5-13-27-19)14-25-11-8-16(9-12-25)20-23-21(15(2)3)28-24-20/h7,10,15-17,19H,4-6,8-9,11-14H2,1-3H3/t17-,19+/m0/s1. The van der Waals surface area contributed by atoms with Crippen LogP contribution in [0.5, 0.6) is 0 Å². The van der Waals surface area contributed by atoms with Gasteiger partial charge in [0.15, 0.2) is 5.82 Å². The molecule has 2 aromatic rings. The Morgan fingerprint density at radius 2 is 2.04 bits per heavy atom. The Morgan fingerprint density at radius 3 is 2.75 bits per heavy atom. The van der Waals surface area contributed by atoms with Crippen molar-refractivity contribution in [1.29, 1.82) is 0 Å². The Labute approximate surface area is 167 Å². The van der Waals surface area contributed by atoms with Gasteiger partial charge in [0.05, 0.1) is 5.69 Å². The highest BCUT2D eigenvalue weighted by Crippen LogP contribution is 2.35. The van der Waals surface area contributed by atoms with Crippen molar-refractivity contribution in [2.24, 2.45) is 5.92 Å². The summed E-state index contributed by atoms with van der Waals surface area (Å²) in [5, 5.41) is 8.68. The first-order valence-electron chi connectivity index (χ1n) is 10.8. The quantitative estimate of drug-likeness (QED) is 0.752. The molecule has 7 nitrogen and oxygen atoms in total. The Morgan fingerprint density at radius 1 is 1.21 bits per heavy atom. The van der Waals surface area contributed by atoms with Crippen molar-refractivity contribution in [3.63, 3.8) is 0 Å². The maximum Gasteiger partial charge on any atom is 0.229 e. The van der Waals surface area contributed by atoms with Crippen LogP contribution in [0.1, 0.15) is 81.8 Å². The molecule has 2 aliphatic rings. The zero-order valence-corrected chi connectivity index (χ0v) is 17.4. The second-order valence-electron chi connectivity index (χ2n) is 8.49. The lowest BCUT2D eigenvalue weighted by Crippen LogP contribution is -2.40. The first kappa shape index (κ1) is 19.6. The summed E-state index contributed by atoms with van der Waals surface area (Å²) >= 11 is 0. The largest absolute Gasteiger partial charge is 0.372 e. The third-order valence-corrected chi connectivity index (χ3v) is 6.18. The fourth-order valence-corrected chi connectivity index (χ4v) is 4.56. The van der Waals surface area contributed by atoms with Gasteiger partial charge in [-0.3, -0.25) is 4.68 Å². The van der Waals surface area contributed by atoms with E-state index in [1.165, 1.54) is 12.1 Å². The van der Waals surface area contributed by atoms with Crippen molar-refractivity contribution in [3.05, 3.63) is 29.7 Å². The van der Waals surface area contributed by atoms with Gasteiger partial charge < -0.3 is 14.2 Å². The second kappa shape index (κ2) is 8.74. The highest BCUT2D eigenvalue weighted by Gasteiger charge is 2.33. The van der Waals surface area contributed by atoms with Crippen molar-refractivity contribution < 1.29 is 9.26 Å². The van der Waals surface area contributed by atoms with Gasteiger partial charge in [-0.2, -0.15) is 10.1 Å². The molecule has 4 rings (SSSR count). The number of aromatic nitrogens is 4. The maximum atomic E-state index is 6.21. The van der Waals surface area contributed by atoms with E-state index in [1.807, 2.05) is 6.20 Å². The molecule has 0 aliphatic carbocycles. The van der Waals surface area contributed by atoms with Gasteiger partial charge in [0.25, 0.3) is 0 Å². The molecular formula is C21H33N5O2. The van der Waals surface area contributed by atoms with E-state index in [4.69, 9.17) is 9.26 Å². The molecule has 2 fully saturated rings. The Bertz CT molecular complexity index is 748.